The van der Waals surface area contributed by atoms with Crippen LogP contribution in [0, 0.1) is 5.92 Å². The lowest BCUT2D eigenvalue weighted by Gasteiger charge is -2.26. The van der Waals surface area contributed by atoms with Gasteiger partial charge < -0.3 is 15.2 Å². The molecule has 2 rings (SSSR count). The topological polar surface area (TPSA) is 41.5 Å². The number of rotatable bonds is 3. The Hall–Kier alpha value is -0.120. The summed E-state index contributed by atoms with van der Waals surface area (Å²) in [5, 5.41) is 13.4. The molecule has 2 fully saturated rings. The Morgan fingerprint density at radius 2 is 2.07 bits per heavy atom. The standard InChI is InChI=1S/C11H21NO2/c13-11(10-2-1-5-12-10)8-9-3-6-14-7-4-9/h9-13H,1-8H2/t10-,11?/m1/s1. The van der Waals surface area contributed by atoms with Gasteiger partial charge in [-0.1, -0.05) is 0 Å². The molecule has 82 valence electrons. The van der Waals surface area contributed by atoms with Crippen molar-refractivity contribution in [2.75, 3.05) is 19.8 Å². The molecule has 0 amide bonds. The van der Waals surface area contributed by atoms with Gasteiger partial charge >= 0.3 is 0 Å². The van der Waals surface area contributed by atoms with E-state index in [0.29, 0.717) is 12.0 Å². The molecule has 14 heavy (non-hydrogen) atoms. The van der Waals surface area contributed by atoms with Gasteiger partial charge in [0.2, 0.25) is 0 Å². The minimum atomic E-state index is -0.138. The predicted molar refractivity (Wildman–Crippen MR) is 55.2 cm³/mol. The highest BCUT2D eigenvalue weighted by Crippen LogP contribution is 2.23. The summed E-state index contributed by atoms with van der Waals surface area (Å²) in [6.45, 7) is 2.85. The second-order valence-corrected chi connectivity index (χ2v) is 4.56. The molecule has 0 radical (unpaired) electrons. The fraction of sp³-hybridized carbons (Fsp3) is 1.00. The monoisotopic (exact) mass is 199 g/mol. The van der Waals surface area contributed by atoms with E-state index in [1.165, 1.54) is 6.42 Å². The molecule has 2 saturated heterocycles. The van der Waals surface area contributed by atoms with Gasteiger partial charge in [0.15, 0.2) is 0 Å². The van der Waals surface area contributed by atoms with Gasteiger partial charge in [-0.15, -0.1) is 0 Å². The van der Waals surface area contributed by atoms with Crippen LogP contribution in [0.2, 0.25) is 0 Å². The fourth-order valence-electron chi connectivity index (χ4n) is 2.53. The number of aliphatic hydroxyl groups excluding tert-OH is 1. The van der Waals surface area contributed by atoms with Crippen molar-refractivity contribution in [1.29, 1.82) is 0 Å². The highest BCUT2D eigenvalue weighted by molar-refractivity contribution is 4.83. The van der Waals surface area contributed by atoms with Crippen LogP contribution in [0.3, 0.4) is 0 Å². The summed E-state index contributed by atoms with van der Waals surface area (Å²) < 4.78 is 5.31. The quantitative estimate of drug-likeness (QED) is 0.710. The number of hydrogen-bond donors (Lipinski definition) is 2. The molecule has 0 aromatic rings. The summed E-state index contributed by atoms with van der Waals surface area (Å²) in [6.07, 6.45) is 5.44. The van der Waals surface area contributed by atoms with Crippen LogP contribution in [0.4, 0.5) is 0 Å². The number of nitrogens with one attached hydrogen (secondary N) is 1. The van der Waals surface area contributed by atoms with Crippen LogP contribution in [0.1, 0.15) is 32.1 Å². The number of aliphatic hydroxyl groups is 1. The average Bonchev–Trinajstić information content (AvgIpc) is 2.72. The van der Waals surface area contributed by atoms with Gasteiger partial charge in [0.1, 0.15) is 0 Å². The molecule has 0 aromatic heterocycles. The Morgan fingerprint density at radius 1 is 1.29 bits per heavy atom. The zero-order valence-corrected chi connectivity index (χ0v) is 8.74. The van der Waals surface area contributed by atoms with Crippen molar-refractivity contribution < 1.29 is 9.84 Å². The lowest BCUT2D eigenvalue weighted by molar-refractivity contribution is 0.0362. The van der Waals surface area contributed by atoms with Gasteiger partial charge in [0.25, 0.3) is 0 Å². The number of hydrogen-bond acceptors (Lipinski definition) is 3. The first-order valence-electron chi connectivity index (χ1n) is 5.85. The summed E-state index contributed by atoms with van der Waals surface area (Å²) in [5.74, 6) is 0.682. The zero-order chi connectivity index (χ0) is 9.80. The summed E-state index contributed by atoms with van der Waals surface area (Å²) in [4.78, 5) is 0. The van der Waals surface area contributed by atoms with Crippen molar-refractivity contribution in [2.45, 2.75) is 44.2 Å². The van der Waals surface area contributed by atoms with Crippen molar-refractivity contribution in [3.63, 3.8) is 0 Å². The van der Waals surface area contributed by atoms with Gasteiger partial charge in [-0.05, 0) is 44.6 Å². The minimum absolute atomic E-state index is 0.138. The average molecular weight is 199 g/mol. The van der Waals surface area contributed by atoms with Crippen molar-refractivity contribution in [3.05, 3.63) is 0 Å². The van der Waals surface area contributed by atoms with E-state index in [4.69, 9.17) is 4.74 Å². The van der Waals surface area contributed by atoms with Crippen LogP contribution in [0.5, 0.6) is 0 Å². The van der Waals surface area contributed by atoms with Gasteiger partial charge in [0.05, 0.1) is 6.10 Å². The van der Waals surface area contributed by atoms with E-state index in [1.807, 2.05) is 0 Å². The van der Waals surface area contributed by atoms with Crippen LogP contribution in [0.25, 0.3) is 0 Å². The predicted octanol–water partition coefficient (Wildman–Crippen LogP) is 0.916. The van der Waals surface area contributed by atoms with Gasteiger partial charge in [0, 0.05) is 19.3 Å². The molecule has 2 heterocycles. The van der Waals surface area contributed by atoms with Crippen molar-refractivity contribution in [1.82, 2.24) is 5.32 Å². The molecule has 0 saturated carbocycles. The van der Waals surface area contributed by atoms with Crippen molar-refractivity contribution >= 4 is 0 Å². The number of ether oxygens (including phenoxy) is 1. The Bertz CT molecular complexity index is 163. The maximum atomic E-state index is 10.00. The maximum Gasteiger partial charge on any atom is 0.0695 e. The van der Waals surface area contributed by atoms with Gasteiger partial charge in [-0.25, -0.2) is 0 Å². The van der Waals surface area contributed by atoms with E-state index in [0.717, 1.165) is 45.4 Å². The Morgan fingerprint density at radius 3 is 2.71 bits per heavy atom. The third-order valence-electron chi connectivity index (χ3n) is 3.48. The molecular weight excluding hydrogens is 178 g/mol. The molecule has 0 aliphatic carbocycles. The fourth-order valence-corrected chi connectivity index (χ4v) is 2.53. The van der Waals surface area contributed by atoms with Crippen LogP contribution < -0.4 is 5.32 Å². The molecule has 2 N–H and O–H groups in total. The molecule has 0 bridgehead atoms. The largest absolute Gasteiger partial charge is 0.391 e. The molecule has 3 heteroatoms. The maximum absolute atomic E-state index is 10.00. The van der Waals surface area contributed by atoms with E-state index >= 15 is 0 Å². The molecular formula is C11H21NO2. The van der Waals surface area contributed by atoms with E-state index < -0.39 is 0 Å². The molecule has 2 aliphatic rings. The lowest BCUT2D eigenvalue weighted by Crippen LogP contribution is -2.36. The third kappa shape index (κ3) is 2.69. The Labute approximate surface area is 85.8 Å². The van der Waals surface area contributed by atoms with E-state index in [9.17, 15) is 5.11 Å². The van der Waals surface area contributed by atoms with Crippen LogP contribution >= 0.6 is 0 Å². The normalized spacial score (nSPS) is 31.9. The first-order chi connectivity index (χ1) is 6.86. The van der Waals surface area contributed by atoms with E-state index in [-0.39, 0.29) is 6.10 Å². The lowest BCUT2D eigenvalue weighted by atomic mass is 9.91. The minimum Gasteiger partial charge on any atom is -0.391 e. The molecule has 2 aliphatic heterocycles. The molecule has 0 aromatic carbocycles. The first-order valence-corrected chi connectivity index (χ1v) is 5.85. The summed E-state index contributed by atoms with van der Waals surface area (Å²) in [5.41, 5.74) is 0. The summed E-state index contributed by atoms with van der Waals surface area (Å²) >= 11 is 0. The van der Waals surface area contributed by atoms with E-state index in [1.54, 1.807) is 0 Å². The van der Waals surface area contributed by atoms with Crippen LogP contribution in [0.15, 0.2) is 0 Å². The van der Waals surface area contributed by atoms with Gasteiger partial charge in [-0.3, -0.25) is 0 Å². The van der Waals surface area contributed by atoms with E-state index in [2.05, 4.69) is 5.32 Å². The SMILES string of the molecule is OC(CC1CCOCC1)[C@H]1CCCN1. The van der Waals surface area contributed by atoms with Gasteiger partial charge in [-0.2, -0.15) is 0 Å². The van der Waals surface area contributed by atoms with Crippen LogP contribution in [-0.4, -0.2) is 37.0 Å². The van der Waals surface area contributed by atoms with Crippen molar-refractivity contribution in [2.24, 2.45) is 5.92 Å². The smallest absolute Gasteiger partial charge is 0.0695 e. The Kier molecular flexibility index (Phi) is 3.79. The zero-order valence-electron chi connectivity index (χ0n) is 8.74. The highest BCUT2D eigenvalue weighted by atomic mass is 16.5. The molecule has 0 spiro atoms. The second kappa shape index (κ2) is 5.10. The second-order valence-electron chi connectivity index (χ2n) is 4.56. The highest BCUT2D eigenvalue weighted by Gasteiger charge is 2.26. The summed E-state index contributed by atoms with van der Waals surface area (Å²) in [6, 6.07) is 0.359. The van der Waals surface area contributed by atoms with Crippen molar-refractivity contribution in [3.8, 4) is 0 Å². The molecule has 3 nitrogen and oxygen atoms in total. The molecule has 2 atom stereocenters. The Balaban J connectivity index is 1.72. The first kappa shape index (κ1) is 10.4. The van der Waals surface area contributed by atoms with Crippen LogP contribution in [-0.2, 0) is 4.74 Å². The third-order valence-corrected chi connectivity index (χ3v) is 3.48. The summed E-state index contributed by atoms with van der Waals surface area (Å²) in [7, 11) is 0. The molecule has 1 unspecified atom stereocenters.